The van der Waals surface area contributed by atoms with Crippen molar-refractivity contribution in [1.82, 2.24) is 9.97 Å². The SMILES string of the molecule is COC(=O)c1ccccc1-c1cccc(-c2nc3ccccc3[nH]2)c1. The Bertz CT molecular complexity index is 1030. The van der Waals surface area contributed by atoms with Gasteiger partial charge in [0.15, 0.2) is 0 Å². The number of H-pyrrole nitrogens is 1. The van der Waals surface area contributed by atoms with Gasteiger partial charge in [-0.15, -0.1) is 0 Å². The molecule has 0 saturated heterocycles. The maximum atomic E-state index is 12.0. The smallest absolute Gasteiger partial charge is 0.338 e. The van der Waals surface area contributed by atoms with E-state index in [0.29, 0.717) is 5.56 Å². The van der Waals surface area contributed by atoms with Gasteiger partial charge in [-0.25, -0.2) is 9.78 Å². The molecule has 0 unspecified atom stereocenters. The number of hydrogen-bond acceptors (Lipinski definition) is 3. The van der Waals surface area contributed by atoms with E-state index in [4.69, 9.17) is 4.74 Å². The van der Waals surface area contributed by atoms with Crippen LogP contribution in [0.5, 0.6) is 0 Å². The number of para-hydroxylation sites is 2. The molecule has 0 aliphatic carbocycles. The van der Waals surface area contributed by atoms with E-state index < -0.39 is 0 Å². The molecule has 4 nitrogen and oxygen atoms in total. The Morgan fingerprint density at radius 3 is 2.52 bits per heavy atom. The first kappa shape index (κ1) is 15.1. The third-order valence-electron chi connectivity index (χ3n) is 4.17. The van der Waals surface area contributed by atoms with Crippen molar-refractivity contribution in [2.75, 3.05) is 7.11 Å². The Morgan fingerprint density at radius 1 is 0.920 bits per heavy atom. The molecule has 4 rings (SSSR count). The number of aromatic amines is 1. The minimum atomic E-state index is -0.343. The van der Waals surface area contributed by atoms with Crippen LogP contribution in [-0.4, -0.2) is 23.0 Å². The lowest BCUT2D eigenvalue weighted by Crippen LogP contribution is -2.03. The maximum absolute atomic E-state index is 12.0. The number of carbonyl (C=O) groups is 1. The first-order valence-corrected chi connectivity index (χ1v) is 7.99. The van der Waals surface area contributed by atoms with Crippen LogP contribution in [0.3, 0.4) is 0 Å². The Hall–Kier alpha value is -3.40. The number of rotatable bonds is 3. The quantitative estimate of drug-likeness (QED) is 0.555. The molecule has 0 bridgehead atoms. The van der Waals surface area contributed by atoms with Crippen molar-refractivity contribution < 1.29 is 9.53 Å². The van der Waals surface area contributed by atoms with Crippen LogP contribution >= 0.6 is 0 Å². The van der Waals surface area contributed by atoms with E-state index >= 15 is 0 Å². The number of carbonyl (C=O) groups excluding carboxylic acids is 1. The van der Waals surface area contributed by atoms with Crippen molar-refractivity contribution in [1.29, 1.82) is 0 Å². The van der Waals surface area contributed by atoms with Gasteiger partial charge in [-0.1, -0.05) is 48.5 Å². The summed E-state index contributed by atoms with van der Waals surface area (Å²) in [5, 5.41) is 0. The second-order valence-corrected chi connectivity index (χ2v) is 5.72. The van der Waals surface area contributed by atoms with Gasteiger partial charge in [0.05, 0.1) is 23.7 Å². The van der Waals surface area contributed by atoms with Crippen molar-refractivity contribution in [3.63, 3.8) is 0 Å². The molecule has 0 spiro atoms. The lowest BCUT2D eigenvalue weighted by Gasteiger charge is -2.09. The minimum absolute atomic E-state index is 0.343. The van der Waals surface area contributed by atoms with Crippen molar-refractivity contribution in [3.8, 4) is 22.5 Å². The fourth-order valence-electron chi connectivity index (χ4n) is 2.95. The van der Waals surface area contributed by atoms with Crippen molar-refractivity contribution >= 4 is 17.0 Å². The summed E-state index contributed by atoms with van der Waals surface area (Å²) in [7, 11) is 1.39. The first-order chi connectivity index (χ1) is 12.3. The second-order valence-electron chi connectivity index (χ2n) is 5.72. The topological polar surface area (TPSA) is 55.0 Å². The summed E-state index contributed by atoms with van der Waals surface area (Å²) in [5.74, 6) is 0.461. The average Bonchev–Trinajstić information content (AvgIpc) is 3.12. The number of methoxy groups -OCH3 is 1. The van der Waals surface area contributed by atoms with E-state index in [1.165, 1.54) is 7.11 Å². The van der Waals surface area contributed by atoms with Crippen molar-refractivity contribution in [3.05, 3.63) is 78.4 Å². The third-order valence-corrected chi connectivity index (χ3v) is 4.17. The number of ether oxygens (including phenoxy) is 1. The van der Waals surface area contributed by atoms with Gasteiger partial charge in [-0.3, -0.25) is 0 Å². The Labute approximate surface area is 145 Å². The summed E-state index contributed by atoms with van der Waals surface area (Å²) in [6.45, 7) is 0. The van der Waals surface area contributed by atoms with E-state index in [-0.39, 0.29) is 5.97 Å². The minimum Gasteiger partial charge on any atom is -0.465 e. The summed E-state index contributed by atoms with van der Waals surface area (Å²) in [4.78, 5) is 20.0. The predicted molar refractivity (Wildman–Crippen MR) is 98.3 cm³/mol. The highest BCUT2D eigenvalue weighted by atomic mass is 16.5. The molecule has 0 saturated carbocycles. The molecule has 0 radical (unpaired) electrons. The fourth-order valence-corrected chi connectivity index (χ4v) is 2.95. The fraction of sp³-hybridized carbons (Fsp3) is 0.0476. The lowest BCUT2D eigenvalue weighted by atomic mass is 9.98. The standard InChI is InChI=1S/C21H16N2O2/c1-25-21(24)17-10-3-2-9-16(17)14-7-6-8-15(13-14)20-22-18-11-4-5-12-19(18)23-20/h2-13H,1H3,(H,22,23). The number of benzene rings is 3. The zero-order chi connectivity index (χ0) is 17.2. The third kappa shape index (κ3) is 2.78. The van der Waals surface area contributed by atoms with E-state index in [2.05, 4.69) is 9.97 Å². The summed E-state index contributed by atoms with van der Waals surface area (Å²) in [5.41, 5.74) is 5.22. The molecule has 4 heteroatoms. The zero-order valence-corrected chi connectivity index (χ0v) is 13.7. The number of imidazole rings is 1. The van der Waals surface area contributed by atoms with Crippen LogP contribution in [0.4, 0.5) is 0 Å². The zero-order valence-electron chi connectivity index (χ0n) is 13.7. The largest absolute Gasteiger partial charge is 0.465 e. The predicted octanol–water partition coefficient (Wildman–Crippen LogP) is 4.68. The summed E-state index contributed by atoms with van der Waals surface area (Å²) < 4.78 is 4.90. The highest BCUT2D eigenvalue weighted by molar-refractivity contribution is 5.97. The van der Waals surface area contributed by atoms with Crippen LogP contribution in [0, 0.1) is 0 Å². The van der Waals surface area contributed by atoms with Crippen LogP contribution in [0.15, 0.2) is 72.8 Å². The van der Waals surface area contributed by atoms with Crippen molar-refractivity contribution in [2.24, 2.45) is 0 Å². The molecule has 0 amide bonds. The Balaban J connectivity index is 1.82. The van der Waals surface area contributed by atoms with Crippen LogP contribution in [0.25, 0.3) is 33.5 Å². The maximum Gasteiger partial charge on any atom is 0.338 e. The molecule has 122 valence electrons. The molecular formula is C21H16N2O2. The van der Waals surface area contributed by atoms with Crippen LogP contribution in [0.2, 0.25) is 0 Å². The van der Waals surface area contributed by atoms with E-state index in [1.807, 2.05) is 66.7 Å². The first-order valence-electron chi connectivity index (χ1n) is 7.99. The number of hydrogen-bond donors (Lipinski definition) is 1. The molecule has 3 aromatic carbocycles. The molecule has 25 heavy (non-hydrogen) atoms. The average molecular weight is 328 g/mol. The number of fused-ring (bicyclic) bond motifs is 1. The van der Waals surface area contributed by atoms with Gasteiger partial charge < -0.3 is 9.72 Å². The van der Waals surface area contributed by atoms with E-state index in [0.717, 1.165) is 33.5 Å². The van der Waals surface area contributed by atoms with E-state index in [1.54, 1.807) is 6.07 Å². The van der Waals surface area contributed by atoms with Gasteiger partial charge in [0, 0.05) is 5.56 Å². The van der Waals surface area contributed by atoms with Gasteiger partial charge in [0.1, 0.15) is 5.82 Å². The Morgan fingerprint density at radius 2 is 1.68 bits per heavy atom. The molecule has 1 N–H and O–H groups in total. The molecule has 0 aliphatic rings. The van der Waals surface area contributed by atoms with Gasteiger partial charge in [0.25, 0.3) is 0 Å². The monoisotopic (exact) mass is 328 g/mol. The summed E-state index contributed by atoms with van der Waals surface area (Å²) in [6.07, 6.45) is 0. The Kier molecular flexibility index (Phi) is 3.78. The highest BCUT2D eigenvalue weighted by Gasteiger charge is 2.13. The van der Waals surface area contributed by atoms with Gasteiger partial charge in [0.2, 0.25) is 0 Å². The number of aromatic nitrogens is 2. The lowest BCUT2D eigenvalue weighted by molar-refractivity contribution is 0.0601. The number of nitrogens with one attached hydrogen (secondary N) is 1. The molecular weight excluding hydrogens is 312 g/mol. The van der Waals surface area contributed by atoms with E-state index in [9.17, 15) is 4.79 Å². The van der Waals surface area contributed by atoms with Crippen LogP contribution in [0.1, 0.15) is 10.4 Å². The van der Waals surface area contributed by atoms with Crippen LogP contribution < -0.4 is 0 Å². The second kappa shape index (κ2) is 6.24. The van der Waals surface area contributed by atoms with Gasteiger partial charge in [-0.2, -0.15) is 0 Å². The molecule has 1 heterocycles. The highest BCUT2D eigenvalue weighted by Crippen LogP contribution is 2.28. The molecule has 0 aliphatic heterocycles. The van der Waals surface area contributed by atoms with Crippen LogP contribution in [-0.2, 0) is 4.74 Å². The molecule has 0 atom stereocenters. The summed E-state index contributed by atoms with van der Waals surface area (Å²) >= 11 is 0. The molecule has 1 aromatic heterocycles. The van der Waals surface area contributed by atoms with Crippen molar-refractivity contribution in [2.45, 2.75) is 0 Å². The normalized spacial score (nSPS) is 10.8. The number of nitrogens with zero attached hydrogens (tertiary/aromatic N) is 1. The molecule has 0 fully saturated rings. The van der Waals surface area contributed by atoms with Gasteiger partial charge >= 0.3 is 5.97 Å². The van der Waals surface area contributed by atoms with Gasteiger partial charge in [-0.05, 0) is 35.4 Å². The number of esters is 1. The summed E-state index contributed by atoms with van der Waals surface area (Å²) in [6, 6.07) is 23.3. The molecule has 4 aromatic rings.